The van der Waals surface area contributed by atoms with Crippen LogP contribution in [0.4, 0.5) is 0 Å². The van der Waals surface area contributed by atoms with Crippen molar-refractivity contribution in [1.82, 2.24) is 9.97 Å². The van der Waals surface area contributed by atoms with Crippen LogP contribution in [0.25, 0.3) is 11.3 Å². The molecule has 0 saturated carbocycles. The highest BCUT2D eigenvalue weighted by molar-refractivity contribution is 6.29. The Hall–Kier alpha value is -3.49. The van der Waals surface area contributed by atoms with Gasteiger partial charge < -0.3 is 19.3 Å². The van der Waals surface area contributed by atoms with E-state index in [4.69, 9.17) is 30.9 Å². The number of ether oxygens (including phenoxy) is 3. The van der Waals surface area contributed by atoms with Crippen molar-refractivity contribution in [3.8, 4) is 28.5 Å². The van der Waals surface area contributed by atoms with Crippen molar-refractivity contribution >= 4 is 23.2 Å². The molecule has 3 aromatic rings. The highest BCUT2D eigenvalue weighted by Gasteiger charge is 2.17. The zero-order valence-electron chi connectivity index (χ0n) is 18.2. The van der Waals surface area contributed by atoms with E-state index in [9.17, 15) is 9.59 Å². The number of pyridine rings is 2. The summed E-state index contributed by atoms with van der Waals surface area (Å²) in [7, 11) is 2.97. The zero-order valence-corrected chi connectivity index (χ0v) is 19.0. The van der Waals surface area contributed by atoms with Crippen LogP contribution >= 0.6 is 11.6 Å². The van der Waals surface area contributed by atoms with E-state index in [-0.39, 0.29) is 43.3 Å². The van der Waals surface area contributed by atoms with Crippen molar-refractivity contribution in [3.05, 3.63) is 65.1 Å². The van der Waals surface area contributed by atoms with Crippen LogP contribution in [0, 0.1) is 0 Å². The predicted octanol–water partition coefficient (Wildman–Crippen LogP) is 4.03. The molecule has 0 saturated heterocycles. The Morgan fingerprint density at radius 3 is 2.36 bits per heavy atom. The van der Waals surface area contributed by atoms with Gasteiger partial charge in [-0.3, -0.25) is 9.59 Å². The number of nitrogens with zero attached hydrogens (tertiary/aromatic N) is 2. The number of methoxy groups -OCH3 is 2. The molecular weight excluding hydrogens is 448 g/mol. The number of carbonyl (C=O) groups is 2. The van der Waals surface area contributed by atoms with Crippen LogP contribution in [0.2, 0.25) is 5.15 Å². The molecular formula is C24H23ClN2O6. The number of Topliss-reactive ketones (excluding diaryl/α,β-unsaturated/α-hetero) is 2. The average molecular weight is 471 g/mol. The number of aromatic nitrogens is 2. The number of halogens is 1. The van der Waals surface area contributed by atoms with E-state index in [2.05, 4.69) is 9.97 Å². The number of hydrogen-bond donors (Lipinski definition) is 1. The lowest BCUT2D eigenvalue weighted by Crippen LogP contribution is -2.08. The van der Waals surface area contributed by atoms with E-state index < -0.39 is 0 Å². The van der Waals surface area contributed by atoms with Gasteiger partial charge in [-0.15, -0.1) is 0 Å². The molecule has 0 aliphatic rings. The van der Waals surface area contributed by atoms with E-state index >= 15 is 0 Å². The third-order valence-corrected chi connectivity index (χ3v) is 4.98. The van der Waals surface area contributed by atoms with Crippen molar-refractivity contribution in [3.63, 3.8) is 0 Å². The SMILES string of the molecule is COc1cc(C(=O)CCC(=O)c2ccc(OC)c(-c3ccnc(Cl)c3)n2)ccc1OCCO. The Morgan fingerprint density at radius 2 is 1.67 bits per heavy atom. The van der Waals surface area contributed by atoms with E-state index in [1.54, 1.807) is 48.7 Å². The summed E-state index contributed by atoms with van der Waals surface area (Å²) in [4.78, 5) is 33.8. The molecule has 0 atom stereocenters. The topological polar surface area (TPSA) is 108 Å². The number of hydrogen-bond acceptors (Lipinski definition) is 8. The first-order valence-corrected chi connectivity index (χ1v) is 10.5. The molecule has 2 heterocycles. The molecule has 0 radical (unpaired) electrons. The second-order valence-corrected chi connectivity index (χ2v) is 7.29. The molecule has 172 valence electrons. The molecule has 0 amide bonds. The van der Waals surface area contributed by atoms with Gasteiger partial charge in [-0.2, -0.15) is 0 Å². The molecule has 1 aromatic carbocycles. The monoisotopic (exact) mass is 470 g/mol. The molecule has 0 spiro atoms. The Bertz CT molecular complexity index is 1150. The maximum Gasteiger partial charge on any atom is 0.181 e. The predicted molar refractivity (Wildman–Crippen MR) is 122 cm³/mol. The van der Waals surface area contributed by atoms with Crippen molar-refractivity contribution in [2.24, 2.45) is 0 Å². The summed E-state index contributed by atoms with van der Waals surface area (Å²) in [5.74, 6) is 0.788. The highest BCUT2D eigenvalue weighted by atomic mass is 35.5. The van der Waals surface area contributed by atoms with Crippen LogP contribution in [0.5, 0.6) is 17.2 Å². The molecule has 0 aliphatic carbocycles. The number of carbonyl (C=O) groups excluding carboxylic acids is 2. The van der Waals surface area contributed by atoms with E-state index in [0.717, 1.165) is 0 Å². The summed E-state index contributed by atoms with van der Waals surface area (Å²) in [5, 5.41) is 9.19. The maximum atomic E-state index is 12.8. The minimum atomic E-state index is -0.276. The van der Waals surface area contributed by atoms with Crippen molar-refractivity contribution in [2.75, 3.05) is 27.4 Å². The Kier molecular flexibility index (Phi) is 8.34. The molecule has 0 bridgehead atoms. The van der Waals surface area contributed by atoms with Gasteiger partial charge in [-0.05, 0) is 42.5 Å². The standard InChI is InChI=1S/C24H23ClN2O6/c1-31-21-8-4-17(27-24(21)16-9-10-26-23(25)14-16)19(30)6-5-18(29)15-3-7-20(33-12-11-28)22(13-15)32-2/h3-4,7-10,13-14,28H,5-6,11-12H2,1-2H3. The molecule has 2 aromatic heterocycles. The summed E-state index contributed by atoms with van der Waals surface area (Å²) in [6.45, 7) is -0.0258. The third kappa shape index (κ3) is 6.06. The molecule has 3 rings (SSSR count). The molecule has 0 aliphatic heterocycles. The molecule has 0 fully saturated rings. The summed E-state index contributed by atoms with van der Waals surface area (Å²) in [6, 6.07) is 11.3. The van der Waals surface area contributed by atoms with Crippen LogP contribution in [-0.2, 0) is 0 Å². The Labute approximate surface area is 196 Å². The smallest absolute Gasteiger partial charge is 0.181 e. The van der Waals surface area contributed by atoms with Crippen molar-refractivity contribution in [1.29, 1.82) is 0 Å². The maximum absolute atomic E-state index is 12.8. The third-order valence-electron chi connectivity index (χ3n) is 4.78. The summed E-state index contributed by atoms with van der Waals surface area (Å²) in [6.07, 6.45) is 1.53. The van der Waals surface area contributed by atoms with Crippen molar-refractivity contribution < 1.29 is 28.9 Å². The lowest BCUT2D eigenvalue weighted by atomic mass is 10.0. The number of aliphatic hydroxyl groups is 1. The number of rotatable bonds is 11. The van der Waals surface area contributed by atoms with Crippen LogP contribution in [0.1, 0.15) is 33.7 Å². The summed E-state index contributed by atoms with van der Waals surface area (Å²) < 4.78 is 16.0. The fourth-order valence-corrected chi connectivity index (χ4v) is 3.31. The van der Waals surface area contributed by atoms with Crippen LogP contribution in [0.3, 0.4) is 0 Å². The minimum Gasteiger partial charge on any atom is -0.494 e. The van der Waals surface area contributed by atoms with Gasteiger partial charge in [-0.1, -0.05) is 11.6 Å². The van der Waals surface area contributed by atoms with Gasteiger partial charge in [0.15, 0.2) is 23.1 Å². The van der Waals surface area contributed by atoms with Gasteiger partial charge in [0.25, 0.3) is 0 Å². The lowest BCUT2D eigenvalue weighted by molar-refractivity contribution is 0.0914. The molecule has 9 heteroatoms. The molecule has 33 heavy (non-hydrogen) atoms. The quantitative estimate of drug-likeness (QED) is 0.330. The number of ketones is 2. The Morgan fingerprint density at radius 1 is 0.939 bits per heavy atom. The molecule has 1 N–H and O–H groups in total. The fraction of sp³-hybridized carbons (Fsp3) is 0.250. The second kappa shape index (κ2) is 11.4. The largest absolute Gasteiger partial charge is 0.494 e. The normalized spacial score (nSPS) is 10.5. The van der Waals surface area contributed by atoms with Gasteiger partial charge >= 0.3 is 0 Å². The van der Waals surface area contributed by atoms with Crippen LogP contribution in [0.15, 0.2) is 48.7 Å². The minimum absolute atomic E-state index is 0.00294. The van der Waals surface area contributed by atoms with Gasteiger partial charge in [0, 0.05) is 30.2 Å². The van der Waals surface area contributed by atoms with Gasteiger partial charge in [0.1, 0.15) is 28.9 Å². The Balaban J connectivity index is 1.73. The summed E-state index contributed by atoms with van der Waals surface area (Å²) >= 11 is 5.98. The molecule has 0 unspecified atom stereocenters. The van der Waals surface area contributed by atoms with E-state index in [0.29, 0.717) is 39.2 Å². The van der Waals surface area contributed by atoms with E-state index in [1.807, 2.05) is 0 Å². The van der Waals surface area contributed by atoms with Gasteiger partial charge in [-0.25, -0.2) is 9.97 Å². The summed E-state index contributed by atoms with van der Waals surface area (Å²) in [5.41, 5.74) is 1.73. The first-order chi connectivity index (χ1) is 16.0. The average Bonchev–Trinajstić information content (AvgIpc) is 2.85. The highest BCUT2D eigenvalue weighted by Crippen LogP contribution is 2.30. The first kappa shape index (κ1) is 24.2. The van der Waals surface area contributed by atoms with Crippen LogP contribution in [-0.4, -0.2) is 54.1 Å². The van der Waals surface area contributed by atoms with Gasteiger partial charge in [0.05, 0.1) is 20.8 Å². The zero-order chi connectivity index (χ0) is 23.8. The second-order valence-electron chi connectivity index (χ2n) is 6.90. The first-order valence-electron chi connectivity index (χ1n) is 10.1. The van der Waals surface area contributed by atoms with Crippen molar-refractivity contribution in [2.45, 2.75) is 12.8 Å². The van der Waals surface area contributed by atoms with Gasteiger partial charge in [0.2, 0.25) is 0 Å². The number of aliphatic hydroxyl groups excluding tert-OH is 1. The van der Waals surface area contributed by atoms with E-state index in [1.165, 1.54) is 14.2 Å². The molecule has 8 nitrogen and oxygen atoms in total. The lowest BCUT2D eigenvalue weighted by Gasteiger charge is -2.11. The van der Waals surface area contributed by atoms with Crippen LogP contribution < -0.4 is 14.2 Å². The number of benzene rings is 1. The fourth-order valence-electron chi connectivity index (χ4n) is 3.14.